The molecule has 1 heterocycles. The number of pyridine rings is 1. The van der Waals surface area contributed by atoms with E-state index in [1.165, 1.54) is 11.1 Å². The van der Waals surface area contributed by atoms with Crippen LogP contribution in [0.1, 0.15) is 16.7 Å². The fourth-order valence-electron chi connectivity index (χ4n) is 2.45. The Morgan fingerprint density at radius 2 is 1.79 bits per heavy atom. The Kier molecular flexibility index (Phi) is 5.15. The number of anilines is 1. The Balaban J connectivity index is 1.84. The van der Waals surface area contributed by atoms with E-state index in [9.17, 15) is 0 Å². The number of aromatic nitrogens is 1. The van der Waals surface area contributed by atoms with Crippen LogP contribution in [0.15, 0.2) is 76.7 Å². The van der Waals surface area contributed by atoms with Crippen molar-refractivity contribution in [1.29, 1.82) is 5.26 Å². The van der Waals surface area contributed by atoms with E-state index in [0.29, 0.717) is 5.56 Å². The van der Waals surface area contributed by atoms with Gasteiger partial charge in [-0.2, -0.15) is 5.26 Å². The molecule has 0 amide bonds. The summed E-state index contributed by atoms with van der Waals surface area (Å²) in [6.07, 6.45) is 2.72. The van der Waals surface area contributed by atoms with Crippen LogP contribution in [0.4, 0.5) is 5.82 Å². The minimum Gasteiger partial charge on any atom is -0.373 e. The van der Waals surface area contributed by atoms with Crippen LogP contribution < -0.4 is 5.32 Å². The fraction of sp³-hybridized carbons (Fsp3) is 0.100. The highest BCUT2D eigenvalue weighted by molar-refractivity contribution is 7.99. The van der Waals surface area contributed by atoms with Gasteiger partial charge in [0.2, 0.25) is 0 Å². The third-order valence-corrected chi connectivity index (χ3v) is 4.60. The molecular weight excluding hydrogens is 314 g/mol. The Morgan fingerprint density at radius 3 is 2.46 bits per heavy atom. The second-order valence-corrected chi connectivity index (χ2v) is 6.48. The van der Waals surface area contributed by atoms with Gasteiger partial charge in [0.15, 0.2) is 0 Å². The fourth-order valence-corrected chi connectivity index (χ4v) is 3.30. The van der Waals surface area contributed by atoms with Crippen molar-refractivity contribution >= 4 is 17.6 Å². The molecule has 24 heavy (non-hydrogen) atoms. The van der Waals surface area contributed by atoms with Gasteiger partial charge in [-0.1, -0.05) is 42.1 Å². The number of nitriles is 1. The van der Waals surface area contributed by atoms with E-state index in [4.69, 9.17) is 5.26 Å². The van der Waals surface area contributed by atoms with Gasteiger partial charge in [0.1, 0.15) is 5.82 Å². The summed E-state index contributed by atoms with van der Waals surface area (Å²) in [6, 6.07) is 22.3. The molecule has 0 spiro atoms. The standard InChI is InChI=1S/C20H17N3S/c1-22-20-17(11-15-5-3-2-4-6-15)12-19(14-23-20)24-18-9-7-16(13-21)8-10-18/h2-10,12,14H,11H2,1H3,(H,22,23). The highest BCUT2D eigenvalue weighted by Crippen LogP contribution is 2.30. The zero-order chi connectivity index (χ0) is 16.8. The SMILES string of the molecule is CNc1ncc(Sc2ccc(C#N)cc2)cc1Cc1ccccc1. The smallest absolute Gasteiger partial charge is 0.129 e. The van der Waals surface area contributed by atoms with Gasteiger partial charge >= 0.3 is 0 Å². The first-order valence-corrected chi connectivity index (χ1v) is 8.49. The highest BCUT2D eigenvalue weighted by atomic mass is 32.2. The number of hydrogen-bond acceptors (Lipinski definition) is 4. The molecule has 0 fully saturated rings. The first-order chi connectivity index (χ1) is 11.8. The molecule has 0 atom stereocenters. The second-order valence-electron chi connectivity index (χ2n) is 5.33. The van der Waals surface area contributed by atoms with E-state index in [2.05, 4.69) is 46.7 Å². The number of rotatable bonds is 5. The summed E-state index contributed by atoms with van der Waals surface area (Å²) in [4.78, 5) is 6.72. The molecule has 0 bridgehead atoms. The lowest BCUT2D eigenvalue weighted by Crippen LogP contribution is -2.00. The minimum atomic E-state index is 0.674. The molecule has 0 saturated heterocycles. The Morgan fingerprint density at radius 1 is 1.04 bits per heavy atom. The minimum absolute atomic E-state index is 0.674. The molecule has 0 saturated carbocycles. The van der Waals surface area contributed by atoms with E-state index < -0.39 is 0 Å². The molecule has 0 unspecified atom stereocenters. The topological polar surface area (TPSA) is 48.7 Å². The maximum Gasteiger partial charge on any atom is 0.129 e. The van der Waals surface area contributed by atoms with E-state index in [1.54, 1.807) is 11.8 Å². The lowest BCUT2D eigenvalue weighted by Gasteiger charge is -2.10. The summed E-state index contributed by atoms with van der Waals surface area (Å²) in [6.45, 7) is 0. The van der Waals surface area contributed by atoms with Gasteiger partial charge in [-0.15, -0.1) is 0 Å². The summed E-state index contributed by atoms with van der Waals surface area (Å²) in [5, 5.41) is 12.0. The summed E-state index contributed by atoms with van der Waals surface area (Å²) >= 11 is 1.65. The number of nitrogens with zero attached hydrogens (tertiary/aromatic N) is 2. The van der Waals surface area contributed by atoms with Crippen molar-refractivity contribution in [1.82, 2.24) is 4.98 Å². The van der Waals surface area contributed by atoms with Crippen LogP contribution in [0.3, 0.4) is 0 Å². The molecule has 0 radical (unpaired) electrons. The third kappa shape index (κ3) is 3.95. The first-order valence-electron chi connectivity index (χ1n) is 7.67. The average molecular weight is 331 g/mol. The second kappa shape index (κ2) is 7.67. The normalized spacial score (nSPS) is 10.2. The van der Waals surface area contributed by atoms with Gasteiger partial charge in [0, 0.05) is 29.5 Å². The van der Waals surface area contributed by atoms with Gasteiger partial charge in [0.25, 0.3) is 0 Å². The number of hydrogen-bond donors (Lipinski definition) is 1. The van der Waals surface area contributed by atoms with Gasteiger partial charge in [0.05, 0.1) is 11.6 Å². The third-order valence-electron chi connectivity index (χ3n) is 3.63. The molecule has 118 valence electrons. The van der Waals surface area contributed by atoms with Crippen molar-refractivity contribution in [3.8, 4) is 6.07 Å². The summed E-state index contributed by atoms with van der Waals surface area (Å²) < 4.78 is 0. The molecule has 0 aliphatic carbocycles. The zero-order valence-electron chi connectivity index (χ0n) is 13.4. The van der Waals surface area contributed by atoms with Crippen LogP contribution >= 0.6 is 11.8 Å². The van der Waals surface area contributed by atoms with Crippen molar-refractivity contribution in [3.63, 3.8) is 0 Å². The summed E-state index contributed by atoms with van der Waals surface area (Å²) in [5.74, 6) is 0.906. The number of benzene rings is 2. The number of nitrogens with one attached hydrogen (secondary N) is 1. The molecule has 0 aliphatic heterocycles. The molecular formula is C20H17N3S. The summed E-state index contributed by atoms with van der Waals surface area (Å²) in [5.41, 5.74) is 3.10. The molecule has 3 aromatic rings. The van der Waals surface area contributed by atoms with Crippen molar-refractivity contribution in [2.75, 3.05) is 12.4 Å². The molecule has 3 nitrogen and oxygen atoms in total. The molecule has 1 aromatic heterocycles. The zero-order valence-corrected chi connectivity index (χ0v) is 14.2. The monoisotopic (exact) mass is 331 g/mol. The predicted molar refractivity (Wildman–Crippen MR) is 98.3 cm³/mol. The largest absolute Gasteiger partial charge is 0.373 e. The molecule has 3 rings (SSSR count). The molecule has 2 aromatic carbocycles. The first kappa shape index (κ1) is 16.1. The molecule has 1 N–H and O–H groups in total. The van der Waals surface area contributed by atoms with Crippen molar-refractivity contribution in [2.24, 2.45) is 0 Å². The van der Waals surface area contributed by atoms with Gasteiger partial charge in [-0.25, -0.2) is 4.98 Å². The van der Waals surface area contributed by atoms with Crippen LogP contribution in [0, 0.1) is 11.3 Å². The van der Waals surface area contributed by atoms with E-state index in [0.717, 1.165) is 22.0 Å². The van der Waals surface area contributed by atoms with Crippen LogP contribution in [-0.2, 0) is 6.42 Å². The van der Waals surface area contributed by atoms with E-state index >= 15 is 0 Å². The van der Waals surface area contributed by atoms with Crippen molar-refractivity contribution in [2.45, 2.75) is 16.2 Å². The quantitative estimate of drug-likeness (QED) is 0.734. The highest BCUT2D eigenvalue weighted by Gasteiger charge is 2.07. The van der Waals surface area contributed by atoms with Crippen LogP contribution in [0.2, 0.25) is 0 Å². The van der Waals surface area contributed by atoms with Crippen LogP contribution in [-0.4, -0.2) is 12.0 Å². The maximum absolute atomic E-state index is 8.88. The van der Waals surface area contributed by atoms with E-state index in [1.807, 2.05) is 43.6 Å². The van der Waals surface area contributed by atoms with Gasteiger partial charge < -0.3 is 5.32 Å². The Bertz CT molecular complexity index is 852. The summed E-state index contributed by atoms with van der Waals surface area (Å²) in [7, 11) is 1.89. The van der Waals surface area contributed by atoms with Gasteiger partial charge in [-0.05, 0) is 41.5 Å². The lowest BCUT2D eigenvalue weighted by molar-refractivity contribution is 1.10. The Labute approximate surface area is 146 Å². The Hall–Kier alpha value is -2.77. The van der Waals surface area contributed by atoms with Crippen LogP contribution in [0.5, 0.6) is 0 Å². The van der Waals surface area contributed by atoms with E-state index in [-0.39, 0.29) is 0 Å². The van der Waals surface area contributed by atoms with Crippen molar-refractivity contribution < 1.29 is 0 Å². The molecule has 4 heteroatoms. The maximum atomic E-state index is 8.88. The lowest BCUT2D eigenvalue weighted by atomic mass is 10.1. The van der Waals surface area contributed by atoms with Crippen molar-refractivity contribution in [3.05, 3.63) is 83.6 Å². The molecule has 0 aliphatic rings. The van der Waals surface area contributed by atoms with Gasteiger partial charge in [-0.3, -0.25) is 0 Å². The van der Waals surface area contributed by atoms with Crippen LogP contribution in [0.25, 0.3) is 0 Å². The average Bonchev–Trinajstić information content (AvgIpc) is 2.63. The predicted octanol–water partition coefficient (Wildman–Crippen LogP) is 4.74.